The fraction of sp³-hybridized carbons (Fsp3) is 0.0667. The molecule has 0 aliphatic heterocycles. The molecule has 0 bridgehead atoms. The summed E-state index contributed by atoms with van der Waals surface area (Å²) in [6.45, 7) is 0.410. The number of halogens is 3. The van der Waals surface area contributed by atoms with Crippen LogP contribution in [0.15, 0.2) is 36.4 Å². The molecule has 1 aromatic heterocycles. The van der Waals surface area contributed by atoms with E-state index in [4.69, 9.17) is 23.8 Å². The molecule has 9 heteroatoms. The summed E-state index contributed by atoms with van der Waals surface area (Å²) in [4.78, 5) is 0. The molecule has 0 radical (unpaired) electrons. The topological polar surface area (TPSA) is 65.9 Å². The SMILES string of the molecule is Oc1c(I)cc(I)cc1CNn1c(-c2ccc(Cl)cc2)n[nH]c1=S. The Bertz CT molecular complexity index is 940. The Morgan fingerprint density at radius 1 is 1.25 bits per heavy atom. The maximum absolute atomic E-state index is 10.2. The van der Waals surface area contributed by atoms with E-state index in [1.165, 1.54) is 0 Å². The summed E-state index contributed by atoms with van der Waals surface area (Å²) in [6.07, 6.45) is 0. The Kier molecular flexibility index (Phi) is 5.67. The number of H-pyrrole nitrogens is 1. The molecular formula is C15H11ClI2N4OS. The van der Waals surface area contributed by atoms with Crippen molar-refractivity contribution >= 4 is 69.0 Å². The zero-order valence-corrected chi connectivity index (χ0v) is 17.9. The van der Waals surface area contributed by atoms with Crippen LogP contribution >= 0.6 is 69.0 Å². The Hall–Kier alpha value is -0.850. The molecule has 0 aliphatic carbocycles. The highest BCUT2D eigenvalue weighted by Gasteiger charge is 2.11. The third-order valence-electron chi connectivity index (χ3n) is 3.31. The molecule has 124 valence electrons. The molecule has 0 saturated carbocycles. The summed E-state index contributed by atoms with van der Waals surface area (Å²) < 4.78 is 4.00. The average molecular weight is 585 g/mol. The van der Waals surface area contributed by atoms with Crippen molar-refractivity contribution in [2.45, 2.75) is 6.54 Å². The first-order valence-electron chi connectivity index (χ1n) is 6.80. The third-order valence-corrected chi connectivity index (χ3v) is 5.28. The van der Waals surface area contributed by atoms with Crippen LogP contribution in [0, 0.1) is 11.9 Å². The molecule has 5 nitrogen and oxygen atoms in total. The molecule has 0 amide bonds. The van der Waals surface area contributed by atoms with Crippen molar-refractivity contribution in [3.05, 3.63) is 58.9 Å². The fourth-order valence-corrected chi connectivity index (χ4v) is 4.44. The number of aromatic hydroxyl groups is 1. The Balaban J connectivity index is 1.90. The number of nitrogens with zero attached hydrogens (tertiary/aromatic N) is 2. The van der Waals surface area contributed by atoms with Crippen LogP contribution in [0.1, 0.15) is 5.56 Å². The number of hydrogen-bond acceptors (Lipinski definition) is 4. The minimum absolute atomic E-state index is 0.270. The highest BCUT2D eigenvalue weighted by atomic mass is 127. The van der Waals surface area contributed by atoms with Crippen LogP contribution in [0.4, 0.5) is 0 Å². The fourth-order valence-electron chi connectivity index (χ4n) is 2.15. The second kappa shape index (κ2) is 7.58. The monoisotopic (exact) mass is 584 g/mol. The van der Waals surface area contributed by atoms with Crippen molar-refractivity contribution in [2.75, 3.05) is 5.43 Å². The van der Waals surface area contributed by atoms with Crippen molar-refractivity contribution in [1.82, 2.24) is 14.9 Å². The quantitative estimate of drug-likeness (QED) is 0.301. The number of phenolic OH excluding ortho intramolecular Hbond substituents is 1. The lowest BCUT2D eigenvalue weighted by molar-refractivity contribution is 0.464. The predicted molar refractivity (Wildman–Crippen MR) is 114 cm³/mol. The van der Waals surface area contributed by atoms with Crippen molar-refractivity contribution < 1.29 is 5.11 Å². The molecule has 0 saturated heterocycles. The van der Waals surface area contributed by atoms with Crippen molar-refractivity contribution in [1.29, 1.82) is 0 Å². The van der Waals surface area contributed by atoms with E-state index in [9.17, 15) is 5.11 Å². The lowest BCUT2D eigenvalue weighted by atomic mass is 10.2. The highest BCUT2D eigenvalue weighted by molar-refractivity contribution is 14.1. The van der Waals surface area contributed by atoms with Crippen LogP contribution in [0.25, 0.3) is 11.4 Å². The number of phenols is 1. The van der Waals surface area contributed by atoms with Gasteiger partial charge in [-0.15, -0.1) is 0 Å². The van der Waals surface area contributed by atoms with Crippen molar-refractivity contribution in [2.24, 2.45) is 0 Å². The van der Waals surface area contributed by atoms with Gasteiger partial charge in [0.2, 0.25) is 4.77 Å². The van der Waals surface area contributed by atoms with Crippen LogP contribution in [-0.2, 0) is 6.54 Å². The zero-order chi connectivity index (χ0) is 17.3. The number of rotatable bonds is 4. The van der Waals surface area contributed by atoms with E-state index in [2.05, 4.69) is 60.8 Å². The van der Waals surface area contributed by atoms with Gasteiger partial charge in [0.1, 0.15) is 5.75 Å². The van der Waals surface area contributed by atoms with Gasteiger partial charge in [0, 0.05) is 19.7 Å². The maximum atomic E-state index is 10.2. The van der Waals surface area contributed by atoms with Gasteiger partial charge in [0.05, 0.1) is 10.1 Å². The summed E-state index contributed by atoms with van der Waals surface area (Å²) in [5, 5.41) is 17.9. The van der Waals surface area contributed by atoms with Crippen LogP contribution < -0.4 is 5.43 Å². The van der Waals surface area contributed by atoms with Crippen molar-refractivity contribution in [3.8, 4) is 17.1 Å². The molecule has 24 heavy (non-hydrogen) atoms. The highest BCUT2D eigenvalue weighted by Crippen LogP contribution is 2.27. The van der Waals surface area contributed by atoms with Crippen molar-refractivity contribution in [3.63, 3.8) is 0 Å². The standard InChI is InChI=1S/C15H11ClI2N4OS/c16-10-3-1-8(2-4-10)14-20-21-15(24)22(14)19-7-9-5-11(17)6-12(18)13(9)23/h1-6,19,23H,7H2,(H,21,24). The maximum Gasteiger partial charge on any atom is 0.214 e. The van der Waals surface area contributed by atoms with Crippen LogP contribution in [0.3, 0.4) is 0 Å². The minimum atomic E-state index is 0.270. The van der Waals surface area contributed by atoms with Gasteiger partial charge in [-0.2, -0.15) is 5.10 Å². The summed E-state index contributed by atoms with van der Waals surface area (Å²) >= 11 is 15.6. The summed E-state index contributed by atoms with van der Waals surface area (Å²) in [6, 6.07) is 11.2. The Morgan fingerprint density at radius 3 is 2.67 bits per heavy atom. The first-order chi connectivity index (χ1) is 11.5. The first-order valence-corrected chi connectivity index (χ1v) is 9.74. The Morgan fingerprint density at radius 2 is 1.96 bits per heavy atom. The zero-order valence-electron chi connectivity index (χ0n) is 12.1. The molecule has 0 atom stereocenters. The number of nitrogens with one attached hydrogen (secondary N) is 2. The lowest BCUT2D eigenvalue weighted by Gasteiger charge is -2.12. The largest absolute Gasteiger partial charge is 0.506 e. The first kappa shape index (κ1) is 18.0. The van der Waals surface area contributed by atoms with Crippen LogP contribution in [-0.4, -0.2) is 20.0 Å². The second-order valence-electron chi connectivity index (χ2n) is 4.92. The Labute approximate surface area is 175 Å². The number of aromatic amines is 1. The number of aromatic nitrogens is 3. The van der Waals surface area contributed by atoms with E-state index in [0.717, 1.165) is 18.3 Å². The van der Waals surface area contributed by atoms with E-state index < -0.39 is 0 Å². The van der Waals surface area contributed by atoms with Gasteiger partial charge >= 0.3 is 0 Å². The predicted octanol–water partition coefficient (Wildman–Crippen LogP) is 4.92. The minimum Gasteiger partial charge on any atom is -0.506 e. The number of benzene rings is 2. The van der Waals surface area contributed by atoms with Gasteiger partial charge in [-0.05, 0) is 93.8 Å². The lowest BCUT2D eigenvalue weighted by Crippen LogP contribution is -2.16. The summed E-state index contributed by atoms with van der Waals surface area (Å²) in [5.74, 6) is 0.919. The van der Waals surface area contributed by atoms with Crippen LogP contribution in [0.5, 0.6) is 5.75 Å². The smallest absolute Gasteiger partial charge is 0.214 e. The van der Waals surface area contributed by atoms with Gasteiger partial charge < -0.3 is 10.5 Å². The van der Waals surface area contributed by atoms with Gasteiger partial charge in [0.25, 0.3) is 0 Å². The van der Waals surface area contributed by atoms with Gasteiger partial charge in [-0.1, -0.05) is 11.6 Å². The van der Waals surface area contributed by atoms with Gasteiger partial charge in [-0.25, -0.2) is 9.77 Å². The van der Waals surface area contributed by atoms with Gasteiger partial charge in [0.15, 0.2) is 5.82 Å². The molecule has 1 heterocycles. The molecule has 3 N–H and O–H groups in total. The molecule has 0 unspecified atom stereocenters. The van der Waals surface area contributed by atoms with E-state index in [1.54, 1.807) is 16.8 Å². The van der Waals surface area contributed by atoms with Gasteiger partial charge in [-0.3, -0.25) is 0 Å². The van der Waals surface area contributed by atoms with Crippen LogP contribution in [0.2, 0.25) is 5.02 Å². The molecule has 3 rings (SSSR count). The average Bonchev–Trinajstić information content (AvgIpc) is 2.91. The number of hydrogen-bond donors (Lipinski definition) is 3. The molecule has 0 spiro atoms. The van der Waals surface area contributed by atoms with E-state index in [0.29, 0.717) is 22.2 Å². The summed E-state index contributed by atoms with van der Waals surface area (Å²) in [7, 11) is 0. The molecule has 2 aromatic carbocycles. The molecule has 0 aliphatic rings. The van der Waals surface area contributed by atoms with E-state index in [1.807, 2.05) is 24.3 Å². The summed E-state index contributed by atoms with van der Waals surface area (Å²) in [5.41, 5.74) is 4.87. The molecule has 0 fully saturated rings. The second-order valence-corrected chi connectivity index (χ2v) is 8.16. The molecular weight excluding hydrogens is 574 g/mol. The molecule has 3 aromatic rings. The van der Waals surface area contributed by atoms with E-state index >= 15 is 0 Å². The normalized spacial score (nSPS) is 10.8. The van der Waals surface area contributed by atoms with E-state index in [-0.39, 0.29) is 5.75 Å². The third kappa shape index (κ3) is 3.86.